The van der Waals surface area contributed by atoms with Gasteiger partial charge in [-0.1, -0.05) is 31.3 Å². The van der Waals surface area contributed by atoms with Gasteiger partial charge in [-0.25, -0.2) is 9.78 Å². The summed E-state index contributed by atoms with van der Waals surface area (Å²) in [5, 5.41) is 60.6. The molecule has 0 spiro atoms. The fraction of sp³-hybridized carbons (Fsp3) is 0.608. The zero-order valence-electron chi connectivity index (χ0n) is 66.2. The van der Waals surface area contributed by atoms with Gasteiger partial charge in [0, 0.05) is 89.1 Å². The number of amides is 3. The highest BCUT2D eigenvalue weighted by Crippen LogP contribution is 2.32. The molecule has 11 aliphatic rings. The number of amidine groups is 6. The van der Waals surface area contributed by atoms with Gasteiger partial charge in [-0.2, -0.15) is 9.97 Å². The van der Waals surface area contributed by atoms with Crippen molar-refractivity contribution in [3.8, 4) is 5.88 Å². The maximum atomic E-state index is 12.2. The lowest BCUT2D eigenvalue weighted by Gasteiger charge is -2.19. The average molecular weight is 1520 g/mol. The molecule has 0 aromatic carbocycles. The van der Waals surface area contributed by atoms with Crippen LogP contribution in [0.1, 0.15) is 197 Å². The minimum Gasteiger partial charge on any atom is -0.402 e. The second-order valence-corrected chi connectivity index (χ2v) is 30.5. The third kappa shape index (κ3) is 27.1. The number of hydrogen-bond donors (Lipinski definition) is 12. The first kappa shape index (κ1) is 85.9. The molecule has 12 N–H and O–H groups in total. The zero-order valence-corrected chi connectivity index (χ0v) is 66.2. The van der Waals surface area contributed by atoms with Gasteiger partial charge < -0.3 is 72.4 Å². The molecular weight excluding hydrogens is 1400 g/mol. The summed E-state index contributed by atoms with van der Waals surface area (Å²) >= 11 is 0. The molecule has 4 aliphatic carbocycles. The van der Waals surface area contributed by atoms with E-state index in [4.69, 9.17) is 9.26 Å². The predicted molar refractivity (Wildman–Crippen MR) is 427 cm³/mol. The Kier molecular flexibility index (Phi) is 33.1. The van der Waals surface area contributed by atoms with E-state index in [1.165, 1.54) is 12.7 Å². The summed E-state index contributed by atoms with van der Waals surface area (Å²) in [7, 11) is 0. The standard InChI is InChI=1S/C15H22N2O2.C14H15N5O2.3C13H21N3O2.C11H16N4O/c1-10(2)17-13-8-12(9-16-13)15(19)14(18)11-6-4-3-5-7-11;1-8(2)19-11-5-9(6-16-11)14(20)21-13-12-10(3-4-15-12)17-7-18-13;3*1-8(2)15-12-6-9(7-14-12)13(18)16-10-4-3-5-11(10)17;1-4-9-14-11(16-15-9)8-5-10(12-6-8)13-7(2)3/h8,10-11H,3-7,9H2,1-2H3,(H,16,17);4-5,7-8H,3,6H2,1-2H3,(H,16,19);3*6,8,10-11,17H,3-5,7H2,1-2H3,(H,14,15)(H,16,18);5,7H,4,6H2,1-3H3,(H,12,13)/t;;2*10-,11+;10-,11-;/m..100./s1. The second-order valence-electron chi connectivity index (χ2n) is 30.5. The molecular formula is C79H116N20O11. The van der Waals surface area contributed by atoms with Crippen molar-refractivity contribution in [2.45, 2.75) is 265 Å². The normalized spacial score (nSPS) is 22.0. The molecule has 9 heterocycles. The van der Waals surface area contributed by atoms with Gasteiger partial charge in [-0.15, -0.1) is 0 Å². The topological polar surface area (TPSA) is 432 Å². The summed E-state index contributed by atoms with van der Waals surface area (Å²) in [4.78, 5) is 115. The predicted octanol–water partition coefficient (Wildman–Crippen LogP) is 5.50. The van der Waals surface area contributed by atoms with Crippen molar-refractivity contribution in [1.29, 1.82) is 0 Å². The molecule has 4 saturated carbocycles. The second kappa shape index (κ2) is 42.4. The fourth-order valence-electron chi connectivity index (χ4n) is 13.1. The Bertz CT molecular complexity index is 3820. The monoisotopic (exact) mass is 1520 g/mol. The minimum absolute atomic E-state index is 0.0516. The lowest BCUT2D eigenvalue weighted by atomic mass is 9.84. The number of aromatic nitrogens is 4. The van der Waals surface area contributed by atoms with Crippen LogP contribution in [0.5, 0.6) is 5.88 Å². The van der Waals surface area contributed by atoms with Gasteiger partial charge >= 0.3 is 5.97 Å². The number of ketones is 2. The number of ether oxygens (including phenoxy) is 1. The summed E-state index contributed by atoms with van der Waals surface area (Å²) in [5.74, 6) is 4.77. The van der Waals surface area contributed by atoms with Gasteiger partial charge in [0.25, 0.3) is 11.8 Å². The number of carbonyl (C=O) groups excluding carboxylic acids is 6. The van der Waals surface area contributed by atoms with Crippen LogP contribution in [0.4, 0.5) is 5.69 Å². The summed E-state index contributed by atoms with van der Waals surface area (Å²) in [6.07, 6.45) is 27.0. The highest BCUT2D eigenvalue weighted by molar-refractivity contribution is 6.45. The molecule has 2 aromatic rings. The van der Waals surface area contributed by atoms with Crippen molar-refractivity contribution in [3.05, 3.63) is 88.1 Å². The lowest BCUT2D eigenvalue weighted by Crippen LogP contribution is -2.40. The first-order valence-electron chi connectivity index (χ1n) is 39.1. The Labute approximate surface area is 645 Å². The van der Waals surface area contributed by atoms with Crippen molar-refractivity contribution >= 4 is 87.7 Å². The van der Waals surface area contributed by atoms with Crippen LogP contribution < -0.4 is 52.6 Å². The number of carbonyl (C=O) groups is 6. The average Bonchev–Trinajstić information content (AvgIpc) is 1.74. The molecule has 7 aliphatic heterocycles. The minimum atomic E-state index is -0.456. The highest BCUT2D eigenvalue weighted by Gasteiger charge is 2.34. The number of esters is 1. The molecule has 13 rings (SSSR count). The Morgan fingerprint density at radius 1 is 0.464 bits per heavy atom. The smallest absolute Gasteiger partial charge is 0.342 e. The number of fused-ring (bicyclic) bond motifs is 1. The van der Waals surface area contributed by atoms with Crippen molar-refractivity contribution in [3.63, 3.8) is 0 Å². The number of nitrogens with zero attached hydrogens (tertiary/aromatic N) is 11. The van der Waals surface area contributed by atoms with Crippen LogP contribution >= 0.6 is 0 Å². The molecule has 4 fully saturated rings. The van der Waals surface area contributed by atoms with Crippen LogP contribution in [0.2, 0.25) is 0 Å². The number of rotatable bonds is 19. The van der Waals surface area contributed by atoms with Gasteiger partial charge in [-0.3, -0.25) is 58.9 Å². The molecule has 0 radical (unpaired) electrons. The van der Waals surface area contributed by atoms with E-state index in [2.05, 4.69) is 117 Å². The summed E-state index contributed by atoms with van der Waals surface area (Å²) in [5.41, 5.74) is 5.31. The third-order valence-corrected chi connectivity index (χ3v) is 18.6. The number of aliphatic imine (C=N–C) groups is 7. The Balaban J connectivity index is 0.000000166. The maximum Gasteiger partial charge on any atom is 0.342 e. The SMILES string of the molecule is CC(C)NC1=NCC(C(=O)C(=O)C2CCCCC2)=C1.CC(C)NC1=NCC(C(=O)N[C@@H]2CCC[C@@H]2O)=C1.CC(C)NC1=NCC(C(=O)N[C@H]2CCC[C@@H]2O)=C1.CC(C)NC1=NCC(C(=O)N[C@H]2CCC[C@H]2O)=C1.CC(C)NC1=NCC(C(=O)Oc2ncnc3c2N=CC3)=C1.CCc1noc(C2=CC(NC(C)C)=NC2)n1. The van der Waals surface area contributed by atoms with Gasteiger partial charge in [0.1, 0.15) is 47.0 Å². The van der Waals surface area contributed by atoms with E-state index in [0.717, 1.165) is 136 Å². The van der Waals surface area contributed by atoms with Gasteiger partial charge in [0.15, 0.2) is 5.82 Å². The zero-order chi connectivity index (χ0) is 79.6. The number of aliphatic hydroxyl groups excluding tert-OH is 3. The van der Waals surface area contributed by atoms with E-state index in [1.807, 2.05) is 82.2 Å². The number of aryl methyl sites for hydroxylation is 1. The van der Waals surface area contributed by atoms with E-state index in [0.29, 0.717) is 115 Å². The molecule has 2 aromatic heterocycles. The highest BCUT2D eigenvalue weighted by atomic mass is 16.5. The van der Waals surface area contributed by atoms with E-state index in [9.17, 15) is 44.1 Å². The fourth-order valence-corrected chi connectivity index (χ4v) is 13.1. The molecule has 31 heteroatoms. The van der Waals surface area contributed by atoms with Crippen molar-refractivity contribution in [2.75, 3.05) is 39.3 Å². The molecule has 0 saturated heterocycles. The Morgan fingerprint density at radius 2 is 0.845 bits per heavy atom. The third-order valence-electron chi connectivity index (χ3n) is 18.6. The molecule has 6 atom stereocenters. The molecule has 598 valence electrons. The van der Waals surface area contributed by atoms with Crippen LogP contribution in [-0.2, 0) is 41.6 Å². The van der Waals surface area contributed by atoms with Crippen molar-refractivity contribution in [2.24, 2.45) is 40.9 Å². The van der Waals surface area contributed by atoms with E-state index < -0.39 is 24.3 Å². The Hall–Kier alpha value is -9.75. The summed E-state index contributed by atoms with van der Waals surface area (Å²) in [6.45, 7) is 28.9. The number of hydrogen-bond acceptors (Lipinski definition) is 28. The van der Waals surface area contributed by atoms with Crippen LogP contribution in [0, 0.1) is 5.92 Å². The largest absolute Gasteiger partial charge is 0.402 e. The Morgan fingerprint density at radius 3 is 1.24 bits per heavy atom. The lowest BCUT2D eigenvalue weighted by molar-refractivity contribution is -0.137. The maximum absolute atomic E-state index is 12.2. The van der Waals surface area contributed by atoms with Crippen LogP contribution in [0.3, 0.4) is 0 Å². The quantitative estimate of drug-likeness (QED) is 0.0610. The van der Waals surface area contributed by atoms with E-state index in [-0.39, 0.29) is 71.3 Å². The summed E-state index contributed by atoms with van der Waals surface area (Å²) in [6, 6.07) is 1.54. The first-order chi connectivity index (χ1) is 52.6. The summed E-state index contributed by atoms with van der Waals surface area (Å²) < 4.78 is 10.5. The first-order valence-corrected chi connectivity index (χ1v) is 39.1. The number of Topliss-reactive ketones (excluding diaryl/α,β-unsaturated/α-hetero) is 2. The van der Waals surface area contributed by atoms with Crippen molar-refractivity contribution in [1.82, 2.24) is 68.0 Å². The van der Waals surface area contributed by atoms with Gasteiger partial charge in [-0.05, 0) is 190 Å². The van der Waals surface area contributed by atoms with Gasteiger partial charge in [0.05, 0.1) is 87.0 Å². The van der Waals surface area contributed by atoms with Crippen molar-refractivity contribution < 1.29 is 53.3 Å². The van der Waals surface area contributed by atoms with Crippen LogP contribution in [0.25, 0.3) is 5.57 Å². The number of nitrogens with one attached hydrogen (secondary N) is 9. The van der Waals surface area contributed by atoms with E-state index >= 15 is 0 Å². The molecule has 31 nitrogen and oxygen atoms in total. The molecule has 3 amide bonds. The van der Waals surface area contributed by atoms with Crippen LogP contribution in [-0.4, -0.2) is 224 Å². The van der Waals surface area contributed by atoms with Gasteiger partial charge in [0.2, 0.25) is 29.3 Å². The molecule has 110 heavy (non-hydrogen) atoms. The number of aliphatic hydroxyl groups is 3. The van der Waals surface area contributed by atoms with Crippen LogP contribution in [0.15, 0.2) is 110 Å². The molecule has 0 bridgehead atoms. The van der Waals surface area contributed by atoms with E-state index in [1.54, 1.807) is 36.6 Å². The molecule has 0 unspecified atom stereocenters.